The molecule has 216 valence electrons. The number of esters is 1. The molecular weight excluding hydrogens is 554 g/mol. The van der Waals surface area contributed by atoms with E-state index < -0.39 is 27.7 Å². The zero-order valence-electron chi connectivity index (χ0n) is 23.6. The monoisotopic (exact) mass is 589 g/mol. The lowest BCUT2D eigenvalue weighted by Gasteiger charge is -2.19. The van der Waals surface area contributed by atoms with Crippen LogP contribution in [0.4, 0.5) is 4.79 Å². The largest absolute Gasteiger partial charge is 0.461 e. The smallest absolute Gasteiger partial charge is 0.407 e. The van der Waals surface area contributed by atoms with Crippen LogP contribution in [0.5, 0.6) is 0 Å². The minimum Gasteiger partial charge on any atom is -0.461 e. The second-order valence-corrected chi connectivity index (χ2v) is 13.0. The van der Waals surface area contributed by atoms with Crippen LogP contribution in [-0.4, -0.2) is 64.5 Å². The van der Waals surface area contributed by atoms with E-state index in [1.807, 2.05) is 13.2 Å². The van der Waals surface area contributed by atoms with Gasteiger partial charge in [-0.05, 0) is 72.3 Å². The van der Waals surface area contributed by atoms with Crippen molar-refractivity contribution in [2.45, 2.75) is 75.9 Å². The second kappa shape index (κ2) is 11.7. The number of carbonyl (C=O) groups excluding carboxylic acids is 2. The Morgan fingerprint density at radius 1 is 1.12 bits per heavy atom. The topological polar surface area (TPSA) is 134 Å². The van der Waals surface area contributed by atoms with Crippen molar-refractivity contribution < 1.29 is 27.5 Å². The summed E-state index contributed by atoms with van der Waals surface area (Å²) >= 11 is 1.32. The molecule has 1 aliphatic rings. The number of aryl methyl sites for hydroxylation is 2. The molecule has 11 nitrogen and oxygen atoms in total. The lowest BCUT2D eigenvalue weighted by Crippen LogP contribution is -2.33. The second-order valence-electron chi connectivity index (χ2n) is 10.4. The summed E-state index contributed by atoms with van der Waals surface area (Å²) in [6, 6.07) is 6.65. The summed E-state index contributed by atoms with van der Waals surface area (Å²) in [6.07, 6.45) is 2.55. The van der Waals surface area contributed by atoms with E-state index in [1.54, 1.807) is 56.6 Å². The third kappa shape index (κ3) is 6.04. The minimum absolute atomic E-state index is 0.150. The Hall–Kier alpha value is -3.32. The molecule has 4 rings (SSSR count). The number of ether oxygens (including phenoxy) is 2. The highest BCUT2D eigenvalue weighted by molar-refractivity contribution is 7.98. The molecule has 3 aromatic rings. The number of nitrogens with zero attached hydrogens (tertiary/aromatic N) is 4. The molecule has 1 aromatic carbocycles. The Bertz CT molecular complexity index is 1520. The van der Waals surface area contributed by atoms with Crippen LogP contribution in [0.2, 0.25) is 0 Å². The fourth-order valence-electron chi connectivity index (χ4n) is 4.53. The SMILES string of the molecule is CCOC(=O)c1c2c(nn1CCCNC(=O)OC(C)(C)C)-c1c(SC)nn(S(=O)(=O)c3ccc(C)cc3)c1CC2. The Labute approximate surface area is 238 Å². The van der Waals surface area contributed by atoms with E-state index in [0.717, 1.165) is 9.65 Å². The molecule has 13 heteroatoms. The molecule has 0 spiro atoms. The number of hydrogen-bond donors (Lipinski definition) is 1. The first-order valence-corrected chi connectivity index (χ1v) is 15.8. The average molecular weight is 590 g/mol. The highest BCUT2D eigenvalue weighted by Crippen LogP contribution is 2.41. The van der Waals surface area contributed by atoms with E-state index in [9.17, 15) is 18.0 Å². The van der Waals surface area contributed by atoms with Crippen molar-refractivity contribution in [3.05, 3.63) is 46.8 Å². The molecule has 1 aliphatic carbocycles. The lowest BCUT2D eigenvalue weighted by molar-refractivity contribution is 0.0500. The first-order chi connectivity index (χ1) is 18.9. The molecule has 40 heavy (non-hydrogen) atoms. The van der Waals surface area contributed by atoms with Crippen molar-refractivity contribution in [2.24, 2.45) is 0 Å². The zero-order valence-corrected chi connectivity index (χ0v) is 25.2. The number of alkyl carbamates (subject to hydrolysis) is 1. The van der Waals surface area contributed by atoms with Crippen molar-refractivity contribution >= 4 is 33.8 Å². The van der Waals surface area contributed by atoms with Gasteiger partial charge in [-0.25, -0.2) is 9.59 Å². The Balaban J connectivity index is 1.70. The molecule has 0 bridgehead atoms. The molecule has 0 atom stereocenters. The molecule has 0 saturated heterocycles. The van der Waals surface area contributed by atoms with Crippen LogP contribution in [0.3, 0.4) is 0 Å². The molecule has 1 amide bonds. The fourth-order valence-corrected chi connectivity index (χ4v) is 6.50. The van der Waals surface area contributed by atoms with Gasteiger partial charge in [-0.3, -0.25) is 4.68 Å². The molecule has 0 aliphatic heterocycles. The highest BCUT2D eigenvalue weighted by Gasteiger charge is 2.36. The first kappa shape index (κ1) is 29.7. The van der Waals surface area contributed by atoms with Crippen LogP contribution in [0.25, 0.3) is 11.3 Å². The van der Waals surface area contributed by atoms with Crippen LogP contribution in [0, 0.1) is 6.92 Å². The van der Waals surface area contributed by atoms with Gasteiger partial charge in [0.15, 0.2) is 0 Å². The summed E-state index contributed by atoms with van der Waals surface area (Å²) in [5, 5.41) is 12.5. The third-order valence-electron chi connectivity index (χ3n) is 6.24. The Kier molecular flexibility index (Phi) is 8.64. The summed E-state index contributed by atoms with van der Waals surface area (Å²) < 4.78 is 40.5. The van der Waals surface area contributed by atoms with Crippen molar-refractivity contribution in [1.29, 1.82) is 0 Å². The van der Waals surface area contributed by atoms with Gasteiger partial charge in [-0.1, -0.05) is 17.7 Å². The first-order valence-electron chi connectivity index (χ1n) is 13.1. The number of amides is 1. The van der Waals surface area contributed by atoms with E-state index in [1.165, 1.54) is 11.8 Å². The maximum Gasteiger partial charge on any atom is 0.407 e. The molecule has 1 N–H and O–H groups in total. The molecule has 0 saturated carbocycles. The molecule has 2 heterocycles. The third-order valence-corrected chi connectivity index (χ3v) is 8.54. The predicted molar refractivity (Wildman–Crippen MR) is 151 cm³/mol. The summed E-state index contributed by atoms with van der Waals surface area (Å²) in [7, 11) is -3.94. The molecular formula is C27H35N5O6S2. The minimum atomic E-state index is -3.94. The molecule has 2 aromatic heterocycles. The van der Waals surface area contributed by atoms with Gasteiger partial charge in [-0.15, -0.1) is 11.8 Å². The summed E-state index contributed by atoms with van der Waals surface area (Å²) in [4.78, 5) is 25.2. The number of nitrogens with one attached hydrogen (secondary N) is 1. The van der Waals surface area contributed by atoms with Gasteiger partial charge in [-0.2, -0.15) is 22.7 Å². The maximum absolute atomic E-state index is 13.6. The van der Waals surface area contributed by atoms with Crippen LogP contribution >= 0.6 is 11.8 Å². The van der Waals surface area contributed by atoms with Crippen molar-refractivity contribution in [2.75, 3.05) is 19.4 Å². The fraction of sp³-hybridized carbons (Fsp3) is 0.481. The van der Waals surface area contributed by atoms with E-state index in [-0.39, 0.29) is 11.5 Å². The van der Waals surface area contributed by atoms with Gasteiger partial charge < -0.3 is 14.8 Å². The van der Waals surface area contributed by atoms with Crippen LogP contribution in [0.1, 0.15) is 61.4 Å². The standard InChI is InChI=1S/C27H35N5O6S2/c1-7-37-25(33)23-19-13-14-20-21(22(19)29-31(23)16-8-15-28-26(34)38-27(3,4)5)24(39-6)30-32(20)40(35,36)18-11-9-17(2)10-12-18/h9-12H,7-8,13-16H2,1-6H3,(H,28,34). The van der Waals surface area contributed by atoms with Crippen LogP contribution < -0.4 is 5.32 Å². The molecule has 0 unspecified atom stereocenters. The van der Waals surface area contributed by atoms with Crippen LogP contribution in [0.15, 0.2) is 34.2 Å². The van der Waals surface area contributed by atoms with Gasteiger partial charge >= 0.3 is 12.1 Å². The Morgan fingerprint density at radius 2 is 1.82 bits per heavy atom. The van der Waals surface area contributed by atoms with Gasteiger partial charge in [0.1, 0.15) is 22.0 Å². The average Bonchev–Trinajstić information content (AvgIpc) is 3.44. The maximum atomic E-state index is 13.6. The number of thioether (sulfide) groups is 1. The summed E-state index contributed by atoms with van der Waals surface area (Å²) in [5.41, 5.74) is 3.05. The quantitative estimate of drug-likeness (QED) is 0.221. The Morgan fingerprint density at radius 3 is 2.45 bits per heavy atom. The highest BCUT2D eigenvalue weighted by atomic mass is 32.2. The number of hydrogen-bond acceptors (Lipinski definition) is 9. The van der Waals surface area contributed by atoms with Crippen molar-refractivity contribution in [1.82, 2.24) is 24.3 Å². The van der Waals surface area contributed by atoms with Gasteiger partial charge in [0, 0.05) is 18.7 Å². The predicted octanol–water partition coefficient (Wildman–Crippen LogP) is 4.20. The number of rotatable bonds is 9. The van der Waals surface area contributed by atoms with E-state index >= 15 is 0 Å². The summed E-state index contributed by atoms with van der Waals surface area (Å²) in [6.45, 7) is 9.84. The number of fused-ring (bicyclic) bond motifs is 3. The molecule has 0 fully saturated rings. The van der Waals surface area contributed by atoms with E-state index in [0.29, 0.717) is 65.6 Å². The number of carbonyl (C=O) groups is 2. The van der Waals surface area contributed by atoms with Gasteiger partial charge in [0.05, 0.1) is 22.8 Å². The lowest BCUT2D eigenvalue weighted by atomic mass is 9.94. The van der Waals surface area contributed by atoms with Gasteiger partial charge in [0.2, 0.25) is 0 Å². The van der Waals surface area contributed by atoms with E-state index in [2.05, 4.69) is 10.4 Å². The van der Waals surface area contributed by atoms with Crippen LogP contribution in [-0.2, 0) is 38.9 Å². The zero-order chi connectivity index (χ0) is 29.2. The molecule has 0 radical (unpaired) electrons. The number of aromatic nitrogens is 4. The van der Waals surface area contributed by atoms with Gasteiger partial charge in [0.25, 0.3) is 10.0 Å². The van der Waals surface area contributed by atoms with Crippen molar-refractivity contribution in [3.8, 4) is 11.3 Å². The van der Waals surface area contributed by atoms with Crippen molar-refractivity contribution in [3.63, 3.8) is 0 Å². The van der Waals surface area contributed by atoms with E-state index in [4.69, 9.17) is 14.6 Å². The number of benzene rings is 1. The summed E-state index contributed by atoms with van der Waals surface area (Å²) in [5.74, 6) is -0.495. The normalized spacial score (nSPS) is 12.9.